The maximum Gasteiger partial charge on any atom is 0.244 e. The molecule has 6 nitrogen and oxygen atoms in total. The zero-order chi connectivity index (χ0) is 25.5. The molecule has 0 radical (unpaired) electrons. The molecule has 0 aliphatic carbocycles. The fourth-order valence-electron chi connectivity index (χ4n) is 4.20. The van der Waals surface area contributed by atoms with Gasteiger partial charge in [0.1, 0.15) is 22.8 Å². The maximum atomic E-state index is 12.7. The minimum atomic E-state index is -0.157. The monoisotopic (exact) mass is 485 g/mol. The van der Waals surface area contributed by atoms with Crippen molar-refractivity contribution in [2.75, 3.05) is 27.4 Å². The zero-order valence-corrected chi connectivity index (χ0v) is 21.1. The minimum absolute atomic E-state index is 0.157. The smallest absolute Gasteiger partial charge is 0.244 e. The second-order valence-electron chi connectivity index (χ2n) is 8.35. The Morgan fingerprint density at radius 2 is 1.81 bits per heavy atom. The SMILES string of the molecule is CCOc1cc2occ(-c3ccccc3OC)c2cc1/C(C)=C/C(=O)NCCc1cccc(OC)c1. The van der Waals surface area contributed by atoms with E-state index in [1.165, 1.54) is 0 Å². The van der Waals surface area contributed by atoms with E-state index >= 15 is 0 Å². The van der Waals surface area contributed by atoms with Gasteiger partial charge in [0.2, 0.25) is 5.91 Å². The summed E-state index contributed by atoms with van der Waals surface area (Å²) in [5.41, 5.74) is 5.30. The number of fused-ring (bicyclic) bond motifs is 1. The van der Waals surface area contributed by atoms with E-state index in [0.29, 0.717) is 30.9 Å². The lowest BCUT2D eigenvalue weighted by Gasteiger charge is -2.12. The predicted molar refractivity (Wildman–Crippen MR) is 143 cm³/mol. The number of amides is 1. The molecule has 0 unspecified atom stereocenters. The molecule has 1 heterocycles. The molecule has 0 saturated heterocycles. The highest BCUT2D eigenvalue weighted by Crippen LogP contribution is 2.40. The molecule has 1 amide bonds. The second-order valence-corrected chi connectivity index (χ2v) is 8.35. The molecule has 6 heteroatoms. The van der Waals surface area contributed by atoms with Crippen LogP contribution in [0.3, 0.4) is 0 Å². The van der Waals surface area contributed by atoms with Crippen molar-refractivity contribution in [1.82, 2.24) is 5.32 Å². The van der Waals surface area contributed by atoms with Crippen LogP contribution in [0.25, 0.3) is 27.7 Å². The molecule has 36 heavy (non-hydrogen) atoms. The van der Waals surface area contributed by atoms with Crippen molar-refractivity contribution in [2.24, 2.45) is 0 Å². The number of nitrogens with one attached hydrogen (secondary N) is 1. The first-order chi connectivity index (χ1) is 17.5. The van der Waals surface area contributed by atoms with Crippen molar-refractivity contribution in [3.63, 3.8) is 0 Å². The number of para-hydroxylation sites is 1. The van der Waals surface area contributed by atoms with Gasteiger partial charge in [0, 0.05) is 40.8 Å². The number of rotatable bonds is 10. The minimum Gasteiger partial charge on any atom is -0.497 e. The molecule has 0 bridgehead atoms. The van der Waals surface area contributed by atoms with Crippen LogP contribution < -0.4 is 19.5 Å². The number of carbonyl (C=O) groups excluding carboxylic acids is 1. The van der Waals surface area contributed by atoms with Crippen LogP contribution in [0.1, 0.15) is 25.0 Å². The number of furan rings is 1. The Morgan fingerprint density at radius 1 is 0.972 bits per heavy atom. The van der Waals surface area contributed by atoms with Gasteiger partial charge in [-0.25, -0.2) is 0 Å². The van der Waals surface area contributed by atoms with Gasteiger partial charge in [-0.3, -0.25) is 4.79 Å². The van der Waals surface area contributed by atoms with Gasteiger partial charge < -0.3 is 23.9 Å². The third-order valence-corrected chi connectivity index (χ3v) is 5.99. The predicted octanol–water partition coefficient (Wildman–Crippen LogP) is 6.28. The highest BCUT2D eigenvalue weighted by Gasteiger charge is 2.17. The molecule has 0 spiro atoms. The van der Waals surface area contributed by atoms with Crippen LogP contribution in [0.15, 0.2) is 77.4 Å². The van der Waals surface area contributed by atoms with Crippen LogP contribution in [0.4, 0.5) is 0 Å². The van der Waals surface area contributed by atoms with Crippen LogP contribution in [0.2, 0.25) is 0 Å². The van der Waals surface area contributed by atoms with E-state index in [9.17, 15) is 4.79 Å². The summed E-state index contributed by atoms with van der Waals surface area (Å²) in [6.45, 7) is 4.86. The molecule has 3 aromatic carbocycles. The standard InChI is InChI=1S/C30H31NO5/c1-5-35-28-18-29-25(26(19-36-29)23-11-6-7-12-27(23)34-4)17-24(28)20(2)15-30(32)31-14-13-21-9-8-10-22(16-21)33-3/h6-12,15-19H,5,13-14H2,1-4H3,(H,31,32)/b20-15+. The van der Waals surface area contributed by atoms with Crippen LogP contribution in [-0.4, -0.2) is 33.3 Å². The third kappa shape index (κ3) is 5.54. The number of hydrogen-bond acceptors (Lipinski definition) is 5. The molecular weight excluding hydrogens is 454 g/mol. The average molecular weight is 486 g/mol. The van der Waals surface area contributed by atoms with Gasteiger partial charge >= 0.3 is 0 Å². The van der Waals surface area contributed by atoms with Crippen LogP contribution in [0.5, 0.6) is 17.2 Å². The highest BCUT2D eigenvalue weighted by molar-refractivity contribution is 6.01. The Morgan fingerprint density at radius 3 is 2.58 bits per heavy atom. The van der Waals surface area contributed by atoms with Crippen LogP contribution in [-0.2, 0) is 11.2 Å². The summed E-state index contributed by atoms with van der Waals surface area (Å²) in [6, 6.07) is 19.6. The van der Waals surface area contributed by atoms with E-state index in [2.05, 4.69) is 5.32 Å². The molecule has 0 fully saturated rings. The lowest BCUT2D eigenvalue weighted by molar-refractivity contribution is -0.116. The maximum absolute atomic E-state index is 12.7. The first-order valence-corrected chi connectivity index (χ1v) is 11.9. The van der Waals surface area contributed by atoms with Gasteiger partial charge in [0.05, 0.1) is 27.1 Å². The van der Waals surface area contributed by atoms with Crippen molar-refractivity contribution >= 4 is 22.4 Å². The van der Waals surface area contributed by atoms with E-state index in [0.717, 1.165) is 44.7 Å². The fraction of sp³-hybridized carbons (Fsp3) is 0.233. The lowest BCUT2D eigenvalue weighted by atomic mass is 9.98. The number of ether oxygens (including phenoxy) is 3. The summed E-state index contributed by atoms with van der Waals surface area (Å²) in [7, 11) is 3.30. The van der Waals surface area contributed by atoms with E-state index < -0.39 is 0 Å². The molecule has 186 valence electrons. The Balaban J connectivity index is 1.59. The Bertz CT molecular complexity index is 1390. The van der Waals surface area contributed by atoms with Crippen molar-refractivity contribution in [3.8, 4) is 28.4 Å². The molecular formula is C30H31NO5. The quantitative estimate of drug-likeness (QED) is 0.268. The summed E-state index contributed by atoms with van der Waals surface area (Å²) in [4.78, 5) is 12.7. The van der Waals surface area contributed by atoms with Gasteiger partial charge in [-0.15, -0.1) is 0 Å². The Labute approximate surface area is 211 Å². The van der Waals surface area contributed by atoms with Gasteiger partial charge in [0.25, 0.3) is 0 Å². The normalized spacial score (nSPS) is 11.4. The summed E-state index contributed by atoms with van der Waals surface area (Å²) in [5.74, 6) is 2.08. The van der Waals surface area contributed by atoms with Crippen molar-refractivity contribution in [1.29, 1.82) is 0 Å². The number of methoxy groups -OCH3 is 2. The van der Waals surface area contributed by atoms with Gasteiger partial charge in [-0.1, -0.05) is 30.3 Å². The first-order valence-electron chi connectivity index (χ1n) is 11.9. The molecule has 4 aromatic rings. The number of carbonyl (C=O) groups is 1. The molecule has 0 aliphatic heterocycles. The van der Waals surface area contributed by atoms with Crippen molar-refractivity contribution < 1.29 is 23.4 Å². The third-order valence-electron chi connectivity index (χ3n) is 5.99. The number of hydrogen-bond donors (Lipinski definition) is 1. The second kappa shape index (κ2) is 11.5. The molecule has 4 rings (SSSR count). The average Bonchev–Trinajstić information content (AvgIpc) is 3.31. The summed E-state index contributed by atoms with van der Waals surface area (Å²) < 4.78 is 22.6. The largest absolute Gasteiger partial charge is 0.497 e. The van der Waals surface area contributed by atoms with E-state index in [4.69, 9.17) is 18.6 Å². The topological polar surface area (TPSA) is 69.9 Å². The zero-order valence-electron chi connectivity index (χ0n) is 21.1. The Kier molecular flexibility index (Phi) is 7.95. The first kappa shape index (κ1) is 24.9. The molecule has 0 saturated carbocycles. The summed E-state index contributed by atoms with van der Waals surface area (Å²) >= 11 is 0. The van der Waals surface area contributed by atoms with Crippen LogP contribution in [0, 0.1) is 0 Å². The molecule has 0 aliphatic rings. The van der Waals surface area contributed by atoms with Gasteiger partial charge in [0.15, 0.2) is 0 Å². The highest BCUT2D eigenvalue weighted by atomic mass is 16.5. The van der Waals surface area contributed by atoms with Gasteiger partial charge in [-0.05, 0) is 55.7 Å². The lowest BCUT2D eigenvalue weighted by Crippen LogP contribution is -2.23. The van der Waals surface area contributed by atoms with E-state index in [-0.39, 0.29) is 5.91 Å². The van der Waals surface area contributed by atoms with E-state index in [1.54, 1.807) is 26.6 Å². The van der Waals surface area contributed by atoms with Crippen molar-refractivity contribution in [3.05, 3.63) is 84.1 Å². The summed E-state index contributed by atoms with van der Waals surface area (Å²) in [5, 5.41) is 3.89. The van der Waals surface area contributed by atoms with Crippen LogP contribution >= 0.6 is 0 Å². The number of benzene rings is 3. The Hall–Kier alpha value is -4.19. The van der Waals surface area contributed by atoms with Gasteiger partial charge in [-0.2, -0.15) is 0 Å². The number of allylic oxidation sites excluding steroid dienone is 1. The molecule has 0 atom stereocenters. The molecule has 1 N–H and O–H groups in total. The van der Waals surface area contributed by atoms with E-state index in [1.807, 2.05) is 74.5 Å². The summed E-state index contributed by atoms with van der Waals surface area (Å²) in [6.07, 6.45) is 4.05. The van der Waals surface area contributed by atoms with Crippen molar-refractivity contribution in [2.45, 2.75) is 20.3 Å². The molecule has 1 aromatic heterocycles. The fourth-order valence-corrected chi connectivity index (χ4v) is 4.20.